The highest BCUT2D eigenvalue weighted by Crippen LogP contribution is 2.41. The molecule has 0 aliphatic carbocycles. The van der Waals surface area contributed by atoms with Crippen LogP contribution in [0.25, 0.3) is 11.2 Å². The highest BCUT2D eigenvalue weighted by atomic mass is 28.4. The zero-order chi connectivity index (χ0) is 19.3. The number of aliphatic hydroxyl groups is 2. The first kappa shape index (κ1) is 19.2. The van der Waals surface area contributed by atoms with Gasteiger partial charge in [0.05, 0.1) is 19.3 Å². The summed E-state index contributed by atoms with van der Waals surface area (Å²) < 4.78 is 13.7. The smallest absolute Gasteiger partial charge is 0.278 e. The Kier molecular flexibility index (Phi) is 4.82. The minimum atomic E-state index is -2.19. The first-order valence-corrected chi connectivity index (χ1v) is 11.5. The Morgan fingerprint density at radius 1 is 1.38 bits per heavy atom. The Hall–Kier alpha value is -1.59. The number of nitrogens with one attached hydrogen (secondary N) is 1. The van der Waals surface area contributed by atoms with Gasteiger partial charge in [0.1, 0.15) is 18.3 Å². The molecule has 3 heterocycles. The van der Waals surface area contributed by atoms with E-state index in [0.29, 0.717) is 5.65 Å². The van der Waals surface area contributed by atoms with Crippen LogP contribution in [0.4, 0.5) is 0 Å². The molecule has 3 rings (SSSR count). The van der Waals surface area contributed by atoms with Gasteiger partial charge in [-0.15, -0.1) is 0 Å². The number of H-pyrrole nitrogens is 1. The zero-order valence-electron chi connectivity index (χ0n) is 15.6. The molecular weight excluding hydrogens is 356 g/mol. The molecule has 1 aliphatic rings. The van der Waals surface area contributed by atoms with Crippen LogP contribution in [-0.4, -0.2) is 63.0 Å². The van der Waals surface area contributed by atoms with Gasteiger partial charge in [0.2, 0.25) is 0 Å². The van der Waals surface area contributed by atoms with Gasteiger partial charge in [0.25, 0.3) is 5.56 Å². The maximum atomic E-state index is 11.8. The summed E-state index contributed by atoms with van der Waals surface area (Å²) in [4.78, 5) is 22.5. The molecule has 26 heavy (non-hydrogen) atoms. The van der Waals surface area contributed by atoms with Crippen LogP contribution in [0.2, 0.25) is 18.1 Å². The predicted octanol–water partition coefficient (Wildman–Crippen LogP) is 0.761. The molecule has 4 atom stereocenters. The maximum Gasteiger partial charge on any atom is 0.278 e. The van der Waals surface area contributed by atoms with Gasteiger partial charge in [-0.1, -0.05) is 20.8 Å². The Morgan fingerprint density at radius 2 is 2.08 bits per heavy atom. The van der Waals surface area contributed by atoms with Crippen molar-refractivity contribution in [3.63, 3.8) is 0 Å². The van der Waals surface area contributed by atoms with Crippen LogP contribution in [0.3, 0.4) is 0 Å². The molecule has 1 fully saturated rings. The van der Waals surface area contributed by atoms with Crippen molar-refractivity contribution in [2.45, 2.75) is 63.4 Å². The standard InChI is InChI=1S/C16H26N4O5Si/c1-16(2,3)26(4,5)25-12-9(6-21)24-15(11(12)22)20-8-19-10-13(20)17-7-18-14(10)23/h7-9,11-12,15,21-22H,6H2,1-5H3,(H,17,18,23)/t9-,11-,12-,15-/m1/s1. The molecular formula is C16H26N4O5Si. The molecule has 0 amide bonds. The molecule has 0 unspecified atom stereocenters. The minimum Gasteiger partial charge on any atom is -0.408 e. The van der Waals surface area contributed by atoms with Crippen molar-refractivity contribution in [2.24, 2.45) is 0 Å². The number of aromatic amines is 1. The van der Waals surface area contributed by atoms with E-state index in [1.807, 2.05) is 0 Å². The summed E-state index contributed by atoms with van der Waals surface area (Å²) in [6, 6.07) is 0. The normalized spacial score (nSPS) is 27.3. The molecule has 0 saturated carbocycles. The number of hydrogen-bond acceptors (Lipinski definition) is 7. The van der Waals surface area contributed by atoms with E-state index in [1.165, 1.54) is 17.2 Å². The summed E-state index contributed by atoms with van der Waals surface area (Å²) in [7, 11) is -2.19. The van der Waals surface area contributed by atoms with Crippen LogP contribution >= 0.6 is 0 Å². The third kappa shape index (κ3) is 3.12. The summed E-state index contributed by atoms with van der Waals surface area (Å²) in [5, 5.41) is 20.6. The molecule has 2 aromatic heterocycles. The van der Waals surface area contributed by atoms with E-state index in [4.69, 9.17) is 9.16 Å². The lowest BCUT2D eigenvalue weighted by molar-refractivity contribution is -0.0506. The van der Waals surface area contributed by atoms with Gasteiger partial charge in [-0.05, 0) is 18.1 Å². The molecule has 1 saturated heterocycles. The summed E-state index contributed by atoms with van der Waals surface area (Å²) in [6.07, 6.45) is -0.545. The first-order valence-electron chi connectivity index (χ1n) is 8.59. The predicted molar refractivity (Wildman–Crippen MR) is 97.2 cm³/mol. The number of rotatable bonds is 4. The van der Waals surface area contributed by atoms with Crippen molar-refractivity contribution < 1.29 is 19.4 Å². The number of hydrogen-bond donors (Lipinski definition) is 3. The van der Waals surface area contributed by atoms with Gasteiger partial charge >= 0.3 is 0 Å². The number of aromatic nitrogens is 4. The molecule has 144 valence electrons. The van der Waals surface area contributed by atoms with Crippen molar-refractivity contribution in [1.29, 1.82) is 0 Å². The summed E-state index contributed by atoms with van der Waals surface area (Å²) >= 11 is 0. The van der Waals surface area contributed by atoms with E-state index in [2.05, 4.69) is 48.8 Å². The number of imidazole rings is 1. The number of nitrogens with zero attached hydrogens (tertiary/aromatic N) is 3. The maximum absolute atomic E-state index is 11.8. The van der Waals surface area contributed by atoms with Crippen LogP contribution < -0.4 is 5.56 Å². The van der Waals surface area contributed by atoms with Gasteiger partial charge in [-0.2, -0.15) is 0 Å². The highest BCUT2D eigenvalue weighted by molar-refractivity contribution is 6.74. The molecule has 0 aromatic carbocycles. The Balaban J connectivity index is 1.94. The molecule has 2 aromatic rings. The molecule has 9 nitrogen and oxygen atoms in total. The monoisotopic (exact) mass is 382 g/mol. The largest absolute Gasteiger partial charge is 0.408 e. The van der Waals surface area contributed by atoms with Crippen LogP contribution in [0, 0.1) is 0 Å². The van der Waals surface area contributed by atoms with Crippen molar-refractivity contribution in [3.8, 4) is 0 Å². The fourth-order valence-electron chi connectivity index (χ4n) is 2.81. The third-order valence-electron chi connectivity index (χ3n) is 5.37. The number of fused-ring (bicyclic) bond motifs is 1. The van der Waals surface area contributed by atoms with Crippen molar-refractivity contribution in [3.05, 3.63) is 23.0 Å². The molecule has 0 radical (unpaired) electrons. The first-order chi connectivity index (χ1) is 12.1. The van der Waals surface area contributed by atoms with Crippen LogP contribution in [0.15, 0.2) is 17.4 Å². The molecule has 0 spiro atoms. The second kappa shape index (κ2) is 6.53. The fourth-order valence-corrected chi connectivity index (χ4v) is 4.13. The lowest BCUT2D eigenvalue weighted by Gasteiger charge is -2.39. The lowest BCUT2D eigenvalue weighted by Crippen LogP contribution is -2.49. The summed E-state index contributed by atoms with van der Waals surface area (Å²) in [5.74, 6) is 0. The zero-order valence-corrected chi connectivity index (χ0v) is 16.6. The number of ether oxygens (including phenoxy) is 1. The van der Waals surface area contributed by atoms with E-state index in [1.54, 1.807) is 0 Å². The van der Waals surface area contributed by atoms with E-state index < -0.39 is 32.9 Å². The van der Waals surface area contributed by atoms with Crippen molar-refractivity contribution in [2.75, 3.05) is 6.61 Å². The Labute approximate surface area is 152 Å². The quantitative estimate of drug-likeness (QED) is 0.667. The Morgan fingerprint density at radius 3 is 2.69 bits per heavy atom. The highest BCUT2D eigenvalue weighted by Gasteiger charge is 2.50. The van der Waals surface area contributed by atoms with E-state index in [-0.39, 0.29) is 22.7 Å². The van der Waals surface area contributed by atoms with E-state index in [9.17, 15) is 15.0 Å². The van der Waals surface area contributed by atoms with Crippen molar-refractivity contribution >= 4 is 19.5 Å². The summed E-state index contributed by atoms with van der Waals surface area (Å²) in [5.41, 5.74) is 0.106. The van der Waals surface area contributed by atoms with E-state index >= 15 is 0 Å². The van der Waals surface area contributed by atoms with Gasteiger partial charge in [-0.25, -0.2) is 9.97 Å². The minimum absolute atomic E-state index is 0.0542. The van der Waals surface area contributed by atoms with Crippen LogP contribution in [-0.2, 0) is 9.16 Å². The second-order valence-electron chi connectivity index (χ2n) is 8.14. The average Bonchev–Trinajstić information content (AvgIpc) is 3.09. The SMILES string of the molecule is CC(C)(C)[Si](C)(C)O[C@H]1[C@@H](O)[C@H](n2cnc3c(=O)[nH]cnc32)O[C@@H]1CO. The average molecular weight is 382 g/mol. The fraction of sp³-hybridized carbons (Fsp3) is 0.688. The summed E-state index contributed by atoms with van der Waals surface area (Å²) in [6.45, 7) is 10.2. The van der Waals surface area contributed by atoms with Gasteiger partial charge in [0.15, 0.2) is 25.7 Å². The van der Waals surface area contributed by atoms with Crippen molar-refractivity contribution in [1.82, 2.24) is 19.5 Å². The molecule has 1 aliphatic heterocycles. The van der Waals surface area contributed by atoms with Gasteiger partial charge in [-0.3, -0.25) is 9.36 Å². The van der Waals surface area contributed by atoms with Gasteiger partial charge in [0, 0.05) is 0 Å². The number of aliphatic hydroxyl groups excluding tert-OH is 2. The molecule has 0 bridgehead atoms. The van der Waals surface area contributed by atoms with Crippen LogP contribution in [0.1, 0.15) is 27.0 Å². The lowest BCUT2D eigenvalue weighted by atomic mass is 10.1. The van der Waals surface area contributed by atoms with E-state index in [0.717, 1.165) is 0 Å². The molecule has 10 heteroatoms. The Bertz CT molecular complexity index is 843. The van der Waals surface area contributed by atoms with Gasteiger partial charge < -0.3 is 24.4 Å². The topological polar surface area (TPSA) is 122 Å². The third-order valence-corrected chi connectivity index (χ3v) is 9.84. The van der Waals surface area contributed by atoms with Crippen LogP contribution in [0.5, 0.6) is 0 Å². The second-order valence-corrected chi connectivity index (χ2v) is 12.9. The molecule has 3 N–H and O–H groups in total.